The molecule has 21 heavy (non-hydrogen) atoms. The van der Waals surface area contributed by atoms with Gasteiger partial charge in [-0.3, -0.25) is 0 Å². The molecular weight excluding hydrogens is 286 g/mol. The van der Waals surface area contributed by atoms with E-state index in [1.807, 2.05) is 20.8 Å². The highest BCUT2D eigenvalue weighted by atomic mass is 35.5. The molecule has 0 fully saturated rings. The van der Waals surface area contributed by atoms with Gasteiger partial charge in [0.2, 0.25) is 0 Å². The Morgan fingerprint density at radius 2 is 1.52 bits per heavy atom. The number of phenols is 2. The van der Waals surface area contributed by atoms with Crippen molar-refractivity contribution >= 4 is 12.4 Å². The Labute approximate surface area is 135 Å². The Balaban J connectivity index is 0.00000400. The number of halogens is 1. The van der Waals surface area contributed by atoms with Crippen molar-refractivity contribution in [1.29, 1.82) is 0 Å². The highest BCUT2D eigenvalue weighted by molar-refractivity contribution is 5.85. The van der Waals surface area contributed by atoms with Gasteiger partial charge in [0.1, 0.15) is 11.5 Å². The number of hydrogen-bond acceptors (Lipinski definition) is 3. The fraction of sp³-hybridized carbons (Fsp3) is 0.647. The molecule has 4 heteroatoms. The molecule has 0 aliphatic carbocycles. The second kappa shape index (κ2) is 6.89. The van der Waals surface area contributed by atoms with Gasteiger partial charge in [-0.2, -0.15) is 0 Å². The van der Waals surface area contributed by atoms with E-state index in [4.69, 9.17) is 5.73 Å². The summed E-state index contributed by atoms with van der Waals surface area (Å²) in [6.45, 7) is 12.8. The minimum Gasteiger partial charge on any atom is -0.508 e. The second-order valence-electron chi connectivity index (χ2n) is 7.54. The van der Waals surface area contributed by atoms with Gasteiger partial charge in [0.05, 0.1) is 0 Å². The molecule has 1 aromatic rings. The zero-order chi connectivity index (χ0) is 15.7. The van der Waals surface area contributed by atoms with E-state index in [0.29, 0.717) is 18.7 Å². The van der Waals surface area contributed by atoms with E-state index in [9.17, 15) is 10.2 Å². The van der Waals surface area contributed by atoms with Crippen LogP contribution in [0.3, 0.4) is 0 Å². The summed E-state index contributed by atoms with van der Waals surface area (Å²) in [6.07, 6.45) is 1.48. The number of hydrogen-bond donors (Lipinski definition) is 3. The van der Waals surface area contributed by atoms with Crippen LogP contribution in [0.25, 0.3) is 0 Å². The van der Waals surface area contributed by atoms with Gasteiger partial charge in [-0.1, -0.05) is 41.5 Å². The molecule has 0 bridgehead atoms. The molecule has 0 radical (unpaired) electrons. The van der Waals surface area contributed by atoms with Crippen molar-refractivity contribution in [3.05, 3.63) is 22.8 Å². The van der Waals surface area contributed by atoms with E-state index >= 15 is 0 Å². The van der Waals surface area contributed by atoms with Gasteiger partial charge in [-0.05, 0) is 36.3 Å². The fourth-order valence-corrected chi connectivity index (χ4v) is 2.61. The maximum atomic E-state index is 10.7. The van der Waals surface area contributed by atoms with Crippen molar-refractivity contribution in [1.82, 2.24) is 0 Å². The Morgan fingerprint density at radius 1 is 1.00 bits per heavy atom. The molecule has 0 saturated heterocycles. The standard InChI is InChI=1S/C17H29NO2.ClH/c1-16(2,3)12-10-13(19)11(8-7-9-18)14(15(12)20)17(4,5)6;/h10,19-20H,7-9,18H2,1-6H3;1H. The lowest BCUT2D eigenvalue weighted by molar-refractivity contribution is 0.407. The summed E-state index contributed by atoms with van der Waals surface area (Å²) < 4.78 is 0. The first-order chi connectivity index (χ1) is 9.00. The normalized spacial score (nSPS) is 12.1. The Kier molecular flexibility index (Phi) is 6.58. The first-order valence-corrected chi connectivity index (χ1v) is 7.29. The van der Waals surface area contributed by atoms with Gasteiger partial charge in [0.15, 0.2) is 0 Å². The van der Waals surface area contributed by atoms with Crippen LogP contribution in [0.5, 0.6) is 11.5 Å². The van der Waals surface area contributed by atoms with E-state index in [1.54, 1.807) is 6.07 Å². The van der Waals surface area contributed by atoms with E-state index in [-0.39, 0.29) is 29.0 Å². The smallest absolute Gasteiger partial charge is 0.123 e. The molecule has 1 aromatic carbocycles. The molecule has 0 heterocycles. The third-order valence-electron chi connectivity index (χ3n) is 3.57. The zero-order valence-electron chi connectivity index (χ0n) is 14.1. The minimum atomic E-state index is -0.229. The van der Waals surface area contributed by atoms with E-state index in [0.717, 1.165) is 23.1 Å². The average molecular weight is 316 g/mol. The van der Waals surface area contributed by atoms with Crippen molar-refractivity contribution in [3.63, 3.8) is 0 Å². The van der Waals surface area contributed by atoms with Crippen LogP contribution in [0.15, 0.2) is 6.07 Å². The largest absolute Gasteiger partial charge is 0.508 e. The van der Waals surface area contributed by atoms with Crippen LogP contribution in [0.2, 0.25) is 0 Å². The molecule has 4 N–H and O–H groups in total. The predicted molar refractivity (Wildman–Crippen MR) is 91.8 cm³/mol. The molecular formula is C17H30ClNO2. The number of phenolic OH excluding ortho intramolecular Hbond substituents is 2. The summed E-state index contributed by atoms with van der Waals surface area (Å²) in [7, 11) is 0. The molecule has 1 rings (SSSR count). The van der Waals surface area contributed by atoms with Gasteiger partial charge >= 0.3 is 0 Å². The molecule has 0 aliphatic heterocycles. The summed E-state index contributed by atoms with van der Waals surface area (Å²) in [5.41, 5.74) is 7.59. The number of nitrogens with two attached hydrogens (primary N) is 1. The van der Waals surface area contributed by atoms with Crippen molar-refractivity contribution in [2.45, 2.75) is 65.2 Å². The SMILES string of the molecule is CC(C)(C)c1cc(O)c(CCCN)c(C(C)(C)C)c1O.Cl. The average Bonchev–Trinajstić information content (AvgIpc) is 2.26. The van der Waals surface area contributed by atoms with E-state index in [2.05, 4.69) is 20.8 Å². The molecule has 0 aliphatic rings. The molecule has 3 nitrogen and oxygen atoms in total. The highest BCUT2D eigenvalue weighted by Crippen LogP contribution is 2.44. The van der Waals surface area contributed by atoms with Crippen LogP contribution in [0, 0.1) is 0 Å². The van der Waals surface area contributed by atoms with E-state index < -0.39 is 0 Å². The van der Waals surface area contributed by atoms with E-state index in [1.165, 1.54) is 0 Å². The lowest BCUT2D eigenvalue weighted by Gasteiger charge is -2.30. The summed E-state index contributed by atoms with van der Waals surface area (Å²) in [4.78, 5) is 0. The van der Waals surface area contributed by atoms with Crippen LogP contribution in [-0.4, -0.2) is 16.8 Å². The van der Waals surface area contributed by atoms with Crippen LogP contribution < -0.4 is 5.73 Å². The molecule has 122 valence electrons. The van der Waals surface area contributed by atoms with Gasteiger partial charge in [-0.25, -0.2) is 0 Å². The maximum Gasteiger partial charge on any atom is 0.123 e. The highest BCUT2D eigenvalue weighted by Gasteiger charge is 2.30. The van der Waals surface area contributed by atoms with Crippen LogP contribution in [0.4, 0.5) is 0 Å². The molecule has 0 saturated carbocycles. The summed E-state index contributed by atoms with van der Waals surface area (Å²) in [5, 5.41) is 21.1. The first-order valence-electron chi connectivity index (χ1n) is 7.29. The molecule has 0 unspecified atom stereocenters. The first kappa shape index (κ1) is 20.1. The van der Waals surface area contributed by atoms with Crippen molar-refractivity contribution in [2.24, 2.45) is 5.73 Å². The summed E-state index contributed by atoms with van der Waals surface area (Å²) in [6, 6.07) is 1.70. The van der Waals surface area contributed by atoms with Crippen molar-refractivity contribution in [3.8, 4) is 11.5 Å². The van der Waals surface area contributed by atoms with Gasteiger partial charge in [0.25, 0.3) is 0 Å². The third kappa shape index (κ3) is 4.52. The van der Waals surface area contributed by atoms with Gasteiger partial charge < -0.3 is 15.9 Å². The Bertz CT molecular complexity index is 485. The molecule has 0 amide bonds. The quantitative estimate of drug-likeness (QED) is 0.738. The Morgan fingerprint density at radius 3 is 1.90 bits per heavy atom. The summed E-state index contributed by atoms with van der Waals surface area (Å²) >= 11 is 0. The zero-order valence-corrected chi connectivity index (χ0v) is 14.9. The lowest BCUT2D eigenvalue weighted by Crippen LogP contribution is -2.19. The maximum absolute atomic E-state index is 10.7. The van der Waals surface area contributed by atoms with Crippen LogP contribution >= 0.6 is 12.4 Å². The summed E-state index contributed by atoms with van der Waals surface area (Å²) in [5.74, 6) is 0.584. The van der Waals surface area contributed by atoms with Gasteiger partial charge in [0, 0.05) is 16.7 Å². The number of rotatable bonds is 3. The second-order valence-corrected chi connectivity index (χ2v) is 7.54. The van der Waals surface area contributed by atoms with Crippen LogP contribution in [0.1, 0.15) is 64.7 Å². The molecule has 0 aromatic heterocycles. The third-order valence-corrected chi connectivity index (χ3v) is 3.57. The number of aromatic hydroxyl groups is 2. The Hall–Kier alpha value is -0.930. The number of benzene rings is 1. The lowest BCUT2D eigenvalue weighted by atomic mass is 9.76. The topological polar surface area (TPSA) is 66.5 Å². The monoisotopic (exact) mass is 315 g/mol. The predicted octanol–water partition coefficient (Wildman–Crippen LogP) is 4.01. The molecule has 0 atom stereocenters. The van der Waals surface area contributed by atoms with Crippen molar-refractivity contribution < 1.29 is 10.2 Å². The molecule has 0 spiro atoms. The fourth-order valence-electron chi connectivity index (χ4n) is 2.61. The minimum absolute atomic E-state index is 0. The van der Waals surface area contributed by atoms with Crippen molar-refractivity contribution in [2.75, 3.05) is 6.54 Å². The van der Waals surface area contributed by atoms with Gasteiger partial charge in [-0.15, -0.1) is 12.4 Å². The van der Waals surface area contributed by atoms with Crippen LogP contribution in [-0.2, 0) is 17.3 Å².